The summed E-state index contributed by atoms with van der Waals surface area (Å²) < 4.78 is 0. The van der Waals surface area contributed by atoms with Gasteiger partial charge in [-0.1, -0.05) is 36.4 Å². The van der Waals surface area contributed by atoms with Gasteiger partial charge in [0, 0.05) is 17.8 Å². The Morgan fingerprint density at radius 3 is 1.92 bits per heavy atom. The van der Waals surface area contributed by atoms with Gasteiger partial charge in [-0.2, -0.15) is 27.0 Å². The maximum Gasteiger partial charge on any atom is 0.326 e. The number of aliphatic carboxylic acids is 1. The second-order valence-corrected chi connectivity index (χ2v) is 5.78. The van der Waals surface area contributed by atoms with Crippen LogP contribution >= 0.6 is 27.0 Å². The fourth-order valence-electron chi connectivity index (χ4n) is 2.93. The highest BCUT2D eigenvalue weighted by Gasteiger charge is 2.25. The molecule has 2 aromatic carbocycles. The summed E-state index contributed by atoms with van der Waals surface area (Å²) in [6.45, 7) is 0.217. The Morgan fingerprint density at radius 1 is 0.920 bits per heavy atom. The van der Waals surface area contributed by atoms with E-state index in [1.165, 1.54) is 11.3 Å². The SMILES string of the molecule is O=C(O)[C@@H]1Cc2ccccc2N1.OC[C@@H]1Cc2ccccc2N1.S.S. The number of carbonyl (C=O) groups is 1. The molecule has 0 unspecified atom stereocenters. The van der Waals surface area contributed by atoms with Gasteiger partial charge >= 0.3 is 5.97 Å². The molecule has 2 heterocycles. The highest BCUT2D eigenvalue weighted by molar-refractivity contribution is 7.59. The zero-order valence-electron chi connectivity index (χ0n) is 13.7. The second-order valence-electron chi connectivity index (χ2n) is 5.78. The summed E-state index contributed by atoms with van der Waals surface area (Å²) >= 11 is 0. The van der Waals surface area contributed by atoms with Crippen molar-refractivity contribution in [1.29, 1.82) is 0 Å². The van der Waals surface area contributed by atoms with Crippen LogP contribution in [0.2, 0.25) is 0 Å². The van der Waals surface area contributed by atoms with Crippen LogP contribution in [0.5, 0.6) is 0 Å². The minimum atomic E-state index is -0.786. The van der Waals surface area contributed by atoms with E-state index in [2.05, 4.69) is 16.7 Å². The topological polar surface area (TPSA) is 81.6 Å². The minimum Gasteiger partial charge on any atom is -0.480 e. The van der Waals surface area contributed by atoms with Crippen LogP contribution in [0, 0.1) is 0 Å². The Balaban J connectivity index is 0.000000232. The van der Waals surface area contributed by atoms with Gasteiger partial charge in [0.1, 0.15) is 6.04 Å². The first kappa shape index (κ1) is 21.2. The van der Waals surface area contributed by atoms with Crippen molar-refractivity contribution in [3.8, 4) is 0 Å². The van der Waals surface area contributed by atoms with Crippen LogP contribution < -0.4 is 10.6 Å². The van der Waals surface area contributed by atoms with Gasteiger partial charge in [0.15, 0.2) is 0 Å². The smallest absolute Gasteiger partial charge is 0.326 e. The lowest BCUT2D eigenvalue weighted by Gasteiger charge is -2.04. The third-order valence-electron chi connectivity index (χ3n) is 4.13. The van der Waals surface area contributed by atoms with Crippen LogP contribution in [0.4, 0.5) is 11.4 Å². The Morgan fingerprint density at radius 2 is 1.44 bits per heavy atom. The van der Waals surface area contributed by atoms with Gasteiger partial charge in [-0.25, -0.2) is 4.79 Å². The monoisotopic (exact) mass is 380 g/mol. The number of hydrogen-bond acceptors (Lipinski definition) is 4. The number of nitrogens with one attached hydrogen (secondary N) is 2. The van der Waals surface area contributed by atoms with Crippen molar-refractivity contribution in [2.75, 3.05) is 17.2 Å². The lowest BCUT2D eigenvalue weighted by atomic mass is 10.1. The standard InChI is InChI=1S/C9H9NO2.C9H11NO.2H2S/c11-9(12)8-5-6-3-1-2-4-7(6)10-8;11-6-8-5-7-3-1-2-4-9(7)10-8;;/h1-4,8,10H,5H2,(H,11,12);1-4,8,10-11H,5-6H2;2*1H2/t2*8-;;/m00../s1. The first-order valence-corrected chi connectivity index (χ1v) is 7.70. The van der Waals surface area contributed by atoms with Gasteiger partial charge in [-0.15, -0.1) is 0 Å². The average molecular weight is 381 g/mol. The molecule has 0 aromatic heterocycles. The molecule has 25 heavy (non-hydrogen) atoms. The van der Waals surface area contributed by atoms with Crippen molar-refractivity contribution in [1.82, 2.24) is 0 Å². The van der Waals surface area contributed by atoms with Crippen molar-refractivity contribution in [3.05, 3.63) is 59.7 Å². The highest BCUT2D eigenvalue weighted by atomic mass is 32.1. The molecule has 0 saturated heterocycles. The van der Waals surface area contributed by atoms with Gasteiger partial charge in [0.2, 0.25) is 0 Å². The minimum absolute atomic E-state index is 0. The molecular formula is C18H24N2O3S2. The summed E-state index contributed by atoms with van der Waals surface area (Å²) in [6.07, 6.45) is 1.54. The Labute approximate surface area is 161 Å². The molecule has 0 fully saturated rings. The quantitative estimate of drug-likeness (QED) is 0.643. The maximum absolute atomic E-state index is 10.6. The van der Waals surface area contributed by atoms with E-state index in [9.17, 15) is 4.79 Å². The first-order valence-electron chi connectivity index (χ1n) is 7.70. The molecule has 2 aliphatic heterocycles. The number of anilines is 2. The van der Waals surface area contributed by atoms with E-state index in [4.69, 9.17) is 10.2 Å². The molecule has 4 rings (SSSR count). The lowest BCUT2D eigenvalue weighted by Crippen LogP contribution is -2.26. The normalized spacial score (nSPS) is 18.8. The van der Waals surface area contributed by atoms with E-state index in [0.717, 1.165) is 17.7 Å². The number of aliphatic hydroxyl groups excluding tert-OH is 1. The Bertz CT molecular complexity index is 662. The molecule has 2 atom stereocenters. The van der Waals surface area contributed by atoms with Crippen molar-refractivity contribution in [2.45, 2.75) is 24.9 Å². The summed E-state index contributed by atoms with van der Waals surface area (Å²) in [5, 5.41) is 23.8. The van der Waals surface area contributed by atoms with E-state index < -0.39 is 12.0 Å². The van der Waals surface area contributed by atoms with Crippen molar-refractivity contribution < 1.29 is 15.0 Å². The number of benzene rings is 2. The number of fused-ring (bicyclic) bond motifs is 2. The largest absolute Gasteiger partial charge is 0.480 e. The molecule has 5 nitrogen and oxygen atoms in total. The summed E-state index contributed by atoms with van der Waals surface area (Å²) in [6, 6.07) is 15.6. The molecule has 4 N–H and O–H groups in total. The first-order chi connectivity index (χ1) is 11.2. The molecule has 0 spiro atoms. The molecule has 7 heteroatoms. The van der Waals surface area contributed by atoms with E-state index in [1.807, 2.05) is 42.5 Å². The predicted octanol–water partition coefficient (Wildman–Crippen LogP) is 2.35. The summed E-state index contributed by atoms with van der Waals surface area (Å²) in [5.41, 5.74) is 4.52. The predicted molar refractivity (Wildman–Crippen MR) is 111 cm³/mol. The number of carboxylic acids is 1. The van der Waals surface area contributed by atoms with Gasteiger partial charge in [-0.05, 0) is 29.7 Å². The molecular weight excluding hydrogens is 356 g/mol. The van der Waals surface area contributed by atoms with Crippen molar-refractivity contribution in [2.24, 2.45) is 0 Å². The number of aliphatic hydroxyl groups is 1. The van der Waals surface area contributed by atoms with Crippen LogP contribution in [0.25, 0.3) is 0 Å². The van der Waals surface area contributed by atoms with Crippen LogP contribution in [0.15, 0.2) is 48.5 Å². The molecule has 0 saturated carbocycles. The zero-order valence-corrected chi connectivity index (χ0v) is 15.7. The Kier molecular flexibility index (Phi) is 8.15. The fraction of sp³-hybridized carbons (Fsp3) is 0.278. The van der Waals surface area contributed by atoms with Crippen molar-refractivity contribution >= 4 is 44.3 Å². The summed E-state index contributed by atoms with van der Waals surface area (Å²) in [7, 11) is 0. The van der Waals surface area contributed by atoms with Crippen LogP contribution in [-0.4, -0.2) is 34.9 Å². The van der Waals surface area contributed by atoms with Crippen LogP contribution in [-0.2, 0) is 17.6 Å². The molecule has 0 radical (unpaired) electrons. The molecule has 136 valence electrons. The van der Waals surface area contributed by atoms with E-state index in [-0.39, 0.29) is 39.6 Å². The van der Waals surface area contributed by atoms with Crippen LogP contribution in [0.3, 0.4) is 0 Å². The van der Waals surface area contributed by atoms with E-state index in [0.29, 0.717) is 6.42 Å². The molecule has 0 amide bonds. The van der Waals surface area contributed by atoms with E-state index in [1.54, 1.807) is 0 Å². The van der Waals surface area contributed by atoms with E-state index >= 15 is 0 Å². The molecule has 2 aliphatic rings. The highest BCUT2D eigenvalue weighted by Crippen LogP contribution is 2.25. The summed E-state index contributed by atoms with van der Waals surface area (Å²) in [4.78, 5) is 10.6. The average Bonchev–Trinajstić information content (AvgIpc) is 3.19. The van der Waals surface area contributed by atoms with Gasteiger partial charge < -0.3 is 20.8 Å². The third kappa shape index (κ3) is 5.07. The molecule has 2 aromatic rings. The zero-order chi connectivity index (χ0) is 16.2. The second kappa shape index (κ2) is 9.60. The lowest BCUT2D eigenvalue weighted by molar-refractivity contribution is -0.137. The number of carboxylic acid groups (broad SMARTS) is 1. The van der Waals surface area contributed by atoms with Crippen LogP contribution in [0.1, 0.15) is 11.1 Å². The van der Waals surface area contributed by atoms with Gasteiger partial charge in [0.05, 0.1) is 12.6 Å². The number of rotatable bonds is 2. The molecule has 0 aliphatic carbocycles. The summed E-state index contributed by atoms with van der Waals surface area (Å²) in [5.74, 6) is -0.786. The Hall–Kier alpha value is -1.83. The number of hydrogen-bond donors (Lipinski definition) is 4. The third-order valence-corrected chi connectivity index (χ3v) is 4.13. The van der Waals surface area contributed by atoms with Crippen molar-refractivity contribution in [3.63, 3.8) is 0 Å². The fourth-order valence-corrected chi connectivity index (χ4v) is 2.93. The maximum atomic E-state index is 10.6. The molecule has 0 bridgehead atoms. The van der Waals surface area contributed by atoms with Gasteiger partial charge in [-0.3, -0.25) is 0 Å². The van der Waals surface area contributed by atoms with Gasteiger partial charge in [0.25, 0.3) is 0 Å². The number of para-hydroxylation sites is 2.